The molecule has 0 unspecified atom stereocenters. The van der Waals surface area contributed by atoms with E-state index < -0.39 is 16.7 Å². The van der Waals surface area contributed by atoms with Gasteiger partial charge in [0.1, 0.15) is 16.7 Å². The standard InChI is InChI=1S/2C18H42N3P.2ClH.Ni/c2*1-13(2)19(14(3)4)22(20(15(5)6)16(7)8)21(17(9)10)18(11)12;;;/h2*13-18H,1-12H3;2*1H;/q;;;;+2/p-2. The van der Waals surface area contributed by atoms with E-state index in [0.717, 1.165) is 0 Å². The molecule has 0 aliphatic rings. The SMILES string of the molecule is CC(C)N(C(C)C)P(N(C(C)C)C(C)C)N(C(C)C)C(C)C.CC(C)N(C(C)C)P(N(C(C)C)C(C)C)N(C(C)C)C(C)C.[Cl-].[Cl-].[Ni+2]. The van der Waals surface area contributed by atoms with E-state index in [1.807, 2.05) is 0 Å². The van der Waals surface area contributed by atoms with E-state index in [0.29, 0.717) is 72.5 Å². The summed E-state index contributed by atoms with van der Waals surface area (Å²) in [7, 11) is -0.975. The molecule has 0 rings (SSSR count). The summed E-state index contributed by atoms with van der Waals surface area (Å²) in [5.41, 5.74) is 0. The molecule has 6 nitrogen and oxygen atoms in total. The Labute approximate surface area is 323 Å². The van der Waals surface area contributed by atoms with Crippen LogP contribution in [0, 0.1) is 0 Å². The van der Waals surface area contributed by atoms with E-state index in [-0.39, 0.29) is 41.3 Å². The van der Waals surface area contributed by atoms with Crippen molar-refractivity contribution in [1.82, 2.24) is 28.0 Å². The van der Waals surface area contributed by atoms with E-state index in [1.165, 1.54) is 0 Å². The van der Waals surface area contributed by atoms with Crippen LogP contribution in [0.15, 0.2) is 0 Å². The molecule has 0 aromatic carbocycles. The molecule has 0 aliphatic heterocycles. The summed E-state index contributed by atoms with van der Waals surface area (Å²) in [6.45, 7) is 56.2. The van der Waals surface area contributed by atoms with Crippen LogP contribution < -0.4 is 24.8 Å². The van der Waals surface area contributed by atoms with Gasteiger partial charge >= 0.3 is 16.5 Å². The molecule has 0 N–H and O–H groups in total. The van der Waals surface area contributed by atoms with E-state index in [4.69, 9.17) is 0 Å². The summed E-state index contributed by atoms with van der Waals surface area (Å²) >= 11 is 0. The third-order valence-electron chi connectivity index (χ3n) is 7.59. The first-order chi connectivity index (χ1) is 19.9. The fraction of sp³-hybridized carbons (Fsp3) is 1.00. The van der Waals surface area contributed by atoms with Crippen LogP contribution in [0.5, 0.6) is 0 Å². The molecular formula is C36H84Cl2N6NiP2. The van der Waals surface area contributed by atoms with Gasteiger partial charge in [0.05, 0.1) is 0 Å². The molecule has 47 heavy (non-hydrogen) atoms. The summed E-state index contributed by atoms with van der Waals surface area (Å²) in [5, 5.41) is 0. The Morgan fingerprint density at radius 2 is 0.277 bits per heavy atom. The maximum Gasteiger partial charge on any atom is 2.00 e. The molecule has 292 valence electrons. The zero-order valence-electron chi connectivity index (χ0n) is 35.6. The summed E-state index contributed by atoms with van der Waals surface area (Å²) in [6.07, 6.45) is 0. The summed E-state index contributed by atoms with van der Waals surface area (Å²) in [4.78, 5) is 0. The van der Waals surface area contributed by atoms with Crippen molar-refractivity contribution in [1.29, 1.82) is 0 Å². The quantitative estimate of drug-likeness (QED) is 0.141. The van der Waals surface area contributed by atoms with Crippen molar-refractivity contribution in [2.45, 2.75) is 239 Å². The van der Waals surface area contributed by atoms with E-state index in [2.05, 4.69) is 194 Å². The number of rotatable bonds is 18. The second-order valence-corrected chi connectivity index (χ2v) is 19.8. The summed E-state index contributed by atoms with van der Waals surface area (Å²) in [6, 6.07) is 6.57. The van der Waals surface area contributed by atoms with Crippen molar-refractivity contribution in [3.05, 3.63) is 0 Å². The maximum atomic E-state index is 2.73. The van der Waals surface area contributed by atoms with Gasteiger partial charge in [-0.25, -0.2) is 0 Å². The molecule has 0 amide bonds. The van der Waals surface area contributed by atoms with Crippen LogP contribution in [0.3, 0.4) is 0 Å². The van der Waals surface area contributed by atoms with Crippen molar-refractivity contribution in [2.24, 2.45) is 0 Å². The molecule has 0 heterocycles. The van der Waals surface area contributed by atoms with Crippen molar-refractivity contribution in [3.63, 3.8) is 0 Å². The van der Waals surface area contributed by atoms with Gasteiger partial charge in [0.15, 0.2) is 0 Å². The van der Waals surface area contributed by atoms with Gasteiger partial charge in [0.25, 0.3) is 0 Å². The van der Waals surface area contributed by atoms with Gasteiger partial charge in [0, 0.05) is 72.5 Å². The predicted molar refractivity (Wildman–Crippen MR) is 207 cm³/mol. The van der Waals surface area contributed by atoms with Crippen molar-refractivity contribution in [3.8, 4) is 0 Å². The smallest absolute Gasteiger partial charge is 1.00 e. The number of hydrogen-bond acceptors (Lipinski definition) is 6. The van der Waals surface area contributed by atoms with Crippen LogP contribution >= 0.6 is 16.7 Å². The first kappa shape index (κ1) is 58.0. The Kier molecular flexibility index (Phi) is 33.7. The van der Waals surface area contributed by atoms with E-state index >= 15 is 0 Å². The molecule has 0 spiro atoms. The number of nitrogens with zero attached hydrogens (tertiary/aromatic N) is 6. The average molecular weight is 793 g/mol. The van der Waals surface area contributed by atoms with Crippen LogP contribution in [-0.2, 0) is 16.5 Å². The van der Waals surface area contributed by atoms with Gasteiger partial charge in [-0.1, -0.05) is 0 Å². The minimum Gasteiger partial charge on any atom is -1.00 e. The van der Waals surface area contributed by atoms with E-state index in [1.54, 1.807) is 0 Å². The molecule has 0 saturated carbocycles. The Balaban J connectivity index is -0.000000235. The second-order valence-electron chi connectivity index (χ2n) is 15.9. The predicted octanol–water partition coefficient (Wildman–Crippen LogP) is 5.14. The molecule has 0 aliphatic carbocycles. The van der Waals surface area contributed by atoms with E-state index in [9.17, 15) is 0 Å². The number of hydrogen-bond donors (Lipinski definition) is 0. The molecule has 0 radical (unpaired) electrons. The molecule has 0 saturated heterocycles. The molecule has 11 heteroatoms. The average Bonchev–Trinajstić information content (AvgIpc) is 2.76. The zero-order chi connectivity index (χ0) is 35.5. The van der Waals surface area contributed by atoms with Crippen LogP contribution in [0.25, 0.3) is 0 Å². The fourth-order valence-electron chi connectivity index (χ4n) is 6.77. The fourth-order valence-corrected chi connectivity index (χ4v) is 13.2. The Hall–Kier alpha value is 1.69. The van der Waals surface area contributed by atoms with Crippen molar-refractivity contribution < 1.29 is 41.3 Å². The Bertz CT molecular complexity index is 537. The first-order valence-corrected chi connectivity index (χ1v) is 20.6. The minimum absolute atomic E-state index is 0. The molecule has 0 aromatic heterocycles. The zero-order valence-corrected chi connectivity index (χ0v) is 39.9. The molecule has 0 aromatic rings. The Morgan fingerprint density at radius 3 is 0.319 bits per heavy atom. The topological polar surface area (TPSA) is 19.4 Å². The van der Waals surface area contributed by atoms with Crippen LogP contribution in [-0.4, -0.2) is 101 Å². The Morgan fingerprint density at radius 1 is 0.213 bits per heavy atom. The third-order valence-corrected chi connectivity index (χ3v) is 15.6. The molecular weight excluding hydrogens is 708 g/mol. The van der Waals surface area contributed by atoms with Crippen LogP contribution in [0.2, 0.25) is 0 Å². The van der Waals surface area contributed by atoms with Crippen molar-refractivity contribution >= 4 is 16.7 Å². The first-order valence-electron chi connectivity index (χ1n) is 18.2. The van der Waals surface area contributed by atoms with Crippen LogP contribution in [0.1, 0.15) is 166 Å². The third kappa shape index (κ3) is 18.3. The molecule has 0 bridgehead atoms. The van der Waals surface area contributed by atoms with Gasteiger partial charge in [0.2, 0.25) is 0 Å². The monoisotopic (exact) mass is 790 g/mol. The summed E-state index contributed by atoms with van der Waals surface area (Å²) in [5.74, 6) is 0. The maximum absolute atomic E-state index is 2.73. The van der Waals surface area contributed by atoms with Gasteiger partial charge in [-0.05, 0) is 166 Å². The van der Waals surface area contributed by atoms with Gasteiger partial charge < -0.3 is 24.8 Å². The molecule has 0 fully saturated rings. The van der Waals surface area contributed by atoms with Crippen LogP contribution in [0.4, 0.5) is 0 Å². The van der Waals surface area contributed by atoms with Gasteiger partial charge in [-0.3, -0.25) is 28.0 Å². The minimum atomic E-state index is -0.488. The summed E-state index contributed by atoms with van der Waals surface area (Å²) < 4.78 is 16.4. The second kappa shape index (κ2) is 27.3. The largest absolute Gasteiger partial charge is 2.00 e. The van der Waals surface area contributed by atoms with Gasteiger partial charge in [-0.15, -0.1) is 0 Å². The van der Waals surface area contributed by atoms with Gasteiger partial charge in [-0.2, -0.15) is 0 Å². The normalized spacial score (nSPS) is 13.0. The molecule has 0 atom stereocenters. The number of halogens is 2. The van der Waals surface area contributed by atoms with Crippen molar-refractivity contribution in [2.75, 3.05) is 0 Å².